The number of ether oxygens (including phenoxy) is 1. The number of amides is 2. The Kier molecular flexibility index (Phi) is 12.9. The van der Waals surface area contributed by atoms with Crippen LogP contribution in [0.1, 0.15) is 46.0 Å². The number of hydrogen-bond donors (Lipinski definition) is 3. The van der Waals surface area contributed by atoms with Crippen molar-refractivity contribution in [2.75, 3.05) is 13.2 Å². The first-order valence-electron chi connectivity index (χ1n) is 8.92. The molecule has 0 saturated heterocycles. The number of aliphatic hydroxyl groups is 1. The number of rotatable bonds is 14. The maximum absolute atomic E-state index is 12.4. The third-order valence-corrected chi connectivity index (χ3v) is 3.61. The Hall–Kier alpha value is -2.15. The summed E-state index contributed by atoms with van der Waals surface area (Å²) in [6.07, 6.45) is 5.42. The van der Waals surface area contributed by atoms with Crippen LogP contribution >= 0.6 is 0 Å². The van der Waals surface area contributed by atoms with Crippen LogP contribution in [0.3, 0.4) is 0 Å². The maximum Gasteiger partial charge on any atom is 0.305 e. The zero-order chi connectivity index (χ0) is 19.9. The molecule has 0 spiro atoms. The van der Waals surface area contributed by atoms with Gasteiger partial charge in [-0.25, -0.2) is 0 Å². The summed E-state index contributed by atoms with van der Waals surface area (Å²) in [5.74, 6) is -1.49. The van der Waals surface area contributed by atoms with E-state index in [4.69, 9.17) is 9.84 Å². The number of esters is 1. The van der Waals surface area contributed by atoms with E-state index in [0.29, 0.717) is 19.3 Å². The zero-order valence-electron chi connectivity index (χ0n) is 15.8. The second-order valence-corrected chi connectivity index (χ2v) is 6.35. The van der Waals surface area contributed by atoms with Gasteiger partial charge >= 0.3 is 5.97 Å². The molecule has 0 aliphatic rings. The van der Waals surface area contributed by atoms with Crippen molar-refractivity contribution in [1.82, 2.24) is 10.6 Å². The minimum Gasteiger partial charge on any atom is -0.464 e. The highest BCUT2D eigenvalue weighted by molar-refractivity contribution is 5.86. The van der Waals surface area contributed by atoms with Gasteiger partial charge in [-0.05, 0) is 33.1 Å². The van der Waals surface area contributed by atoms with Crippen molar-refractivity contribution in [3.05, 3.63) is 25.3 Å². The normalized spacial score (nSPS) is 13.8. The monoisotopic (exact) mass is 368 g/mol. The molecule has 26 heavy (non-hydrogen) atoms. The molecule has 0 aliphatic heterocycles. The number of unbranched alkanes of at least 4 members (excludes halogenated alkanes) is 1. The van der Waals surface area contributed by atoms with E-state index in [-0.39, 0.29) is 49.5 Å². The molecule has 0 aliphatic carbocycles. The second-order valence-electron chi connectivity index (χ2n) is 6.35. The third-order valence-electron chi connectivity index (χ3n) is 3.61. The number of carbonyl (C=O) groups excluding carboxylic acids is 3. The van der Waals surface area contributed by atoms with Crippen LogP contribution in [-0.2, 0) is 19.1 Å². The molecule has 7 heteroatoms. The molecular weight excluding hydrogens is 336 g/mol. The minimum absolute atomic E-state index is 0.00372. The molecule has 0 radical (unpaired) electrons. The predicted octanol–water partition coefficient (Wildman–Crippen LogP) is 1.47. The smallest absolute Gasteiger partial charge is 0.305 e. The lowest BCUT2D eigenvalue weighted by Crippen LogP contribution is -2.42. The summed E-state index contributed by atoms with van der Waals surface area (Å²) in [6.45, 7) is 10.5. The van der Waals surface area contributed by atoms with E-state index < -0.39 is 5.92 Å². The van der Waals surface area contributed by atoms with Crippen LogP contribution < -0.4 is 10.6 Å². The average Bonchev–Trinajstić information content (AvgIpc) is 2.59. The van der Waals surface area contributed by atoms with Crippen LogP contribution in [0.15, 0.2) is 25.3 Å². The Labute approximate surface area is 155 Å². The maximum atomic E-state index is 12.4. The van der Waals surface area contributed by atoms with Crippen LogP contribution in [0, 0.1) is 5.92 Å². The van der Waals surface area contributed by atoms with Gasteiger partial charge in [-0.3, -0.25) is 14.4 Å². The van der Waals surface area contributed by atoms with Crippen molar-refractivity contribution in [2.45, 2.75) is 58.0 Å². The second kappa shape index (κ2) is 14.1. The topological polar surface area (TPSA) is 105 Å². The molecule has 0 heterocycles. The van der Waals surface area contributed by atoms with Gasteiger partial charge in [0.1, 0.15) is 6.61 Å². The van der Waals surface area contributed by atoms with Crippen molar-refractivity contribution < 1.29 is 24.2 Å². The van der Waals surface area contributed by atoms with Crippen LogP contribution in [0.25, 0.3) is 0 Å². The fourth-order valence-electron chi connectivity index (χ4n) is 2.17. The van der Waals surface area contributed by atoms with E-state index in [1.54, 1.807) is 26.0 Å². The predicted molar refractivity (Wildman–Crippen MR) is 100 cm³/mol. The lowest BCUT2D eigenvalue weighted by Gasteiger charge is -2.20. The molecule has 3 atom stereocenters. The molecule has 0 unspecified atom stereocenters. The molecule has 0 bridgehead atoms. The summed E-state index contributed by atoms with van der Waals surface area (Å²) in [5, 5.41) is 14.3. The lowest BCUT2D eigenvalue weighted by molar-refractivity contribution is -0.145. The van der Waals surface area contributed by atoms with Gasteiger partial charge in [0.05, 0.1) is 18.6 Å². The van der Waals surface area contributed by atoms with E-state index >= 15 is 0 Å². The fraction of sp³-hybridized carbons (Fsp3) is 0.632. The van der Waals surface area contributed by atoms with Gasteiger partial charge in [0.15, 0.2) is 0 Å². The van der Waals surface area contributed by atoms with Crippen molar-refractivity contribution in [1.29, 1.82) is 0 Å². The molecule has 148 valence electrons. The molecule has 0 aromatic rings. The van der Waals surface area contributed by atoms with E-state index in [2.05, 4.69) is 23.8 Å². The van der Waals surface area contributed by atoms with Gasteiger partial charge in [0.2, 0.25) is 11.8 Å². The first-order valence-corrected chi connectivity index (χ1v) is 8.92. The van der Waals surface area contributed by atoms with E-state index in [1.165, 1.54) is 0 Å². The highest BCUT2D eigenvalue weighted by atomic mass is 16.5. The van der Waals surface area contributed by atoms with E-state index in [0.717, 1.165) is 6.42 Å². The van der Waals surface area contributed by atoms with Gasteiger partial charge < -0.3 is 20.5 Å². The minimum atomic E-state index is -0.566. The van der Waals surface area contributed by atoms with Crippen LogP contribution in [0.5, 0.6) is 0 Å². The van der Waals surface area contributed by atoms with Crippen molar-refractivity contribution in [3.63, 3.8) is 0 Å². The first-order chi connectivity index (χ1) is 12.3. The molecule has 7 nitrogen and oxygen atoms in total. The molecule has 0 aromatic heterocycles. The number of aliphatic hydroxyl groups excluding tert-OH is 1. The van der Waals surface area contributed by atoms with Crippen molar-refractivity contribution in [3.8, 4) is 0 Å². The average molecular weight is 368 g/mol. The molecular formula is C19H32N2O5. The number of carbonyl (C=O) groups is 3. The summed E-state index contributed by atoms with van der Waals surface area (Å²) in [6, 6.07) is -0.730. The summed E-state index contributed by atoms with van der Waals surface area (Å²) in [5.41, 5.74) is 0. The Morgan fingerprint density at radius 2 is 1.81 bits per heavy atom. The molecule has 0 aromatic carbocycles. The third kappa shape index (κ3) is 11.4. The summed E-state index contributed by atoms with van der Waals surface area (Å²) in [4.78, 5) is 35.8. The van der Waals surface area contributed by atoms with E-state index in [9.17, 15) is 14.4 Å². The van der Waals surface area contributed by atoms with Crippen LogP contribution in [-0.4, -0.2) is 48.2 Å². The van der Waals surface area contributed by atoms with Crippen LogP contribution in [0.4, 0.5) is 0 Å². The largest absolute Gasteiger partial charge is 0.464 e. The fourth-order valence-corrected chi connectivity index (χ4v) is 2.17. The van der Waals surface area contributed by atoms with Gasteiger partial charge in [-0.2, -0.15) is 0 Å². The molecule has 2 amide bonds. The SMILES string of the molecule is C=CCCCC(=O)OC[C@H](C)NC(=O)[C@H](CC=C)CC(=O)N[C@H](C)CO. The Balaban J connectivity index is 4.37. The van der Waals surface area contributed by atoms with Crippen molar-refractivity contribution >= 4 is 17.8 Å². The summed E-state index contributed by atoms with van der Waals surface area (Å²) >= 11 is 0. The summed E-state index contributed by atoms with van der Waals surface area (Å²) < 4.78 is 5.12. The molecule has 3 N–H and O–H groups in total. The van der Waals surface area contributed by atoms with Gasteiger partial charge in [0.25, 0.3) is 0 Å². The highest BCUT2D eigenvalue weighted by Crippen LogP contribution is 2.10. The van der Waals surface area contributed by atoms with Gasteiger partial charge in [-0.1, -0.05) is 12.2 Å². The molecule has 0 saturated carbocycles. The van der Waals surface area contributed by atoms with Gasteiger partial charge in [-0.15, -0.1) is 13.2 Å². The summed E-state index contributed by atoms with van der Waals surface area (Å²) in [7, 11) is 0. The highest BCUT2D eigenvalue weighted by Gasteiger charge is 2.23. The standard InChI is InChI=1S/C19H32N2O5/c1-5-7-8-10-18(24)26-13-15(4)21-19(25)16(9-6-2)11-17(23)20-14(3)12-22/h5-6,14-16,22H,1-2,7-13H2,3-4H3,(H,20,23)(H,21,25)/t14-,15+,16-/m1/s1. The number of nitrogens with one attached hydrogen (secondary N) is 2. The lowest BCUT2D eigenvalue weighted by atomic mass is 9.99. The molecule has 0 rings (SSSR count). The first kappa shape index (κ1) is 23.9. The Morgan fingerprint density at radius 3 is 2.38 bits per heavy atom. The quantitative estimate of drug-likeness (QED) is 0.245. The van der Waals surface area contributed by atoms with Gasteiger partial charge in [0, 0.05) is 18.9 Å². The Bertz CT molecular complexity index is 479. The van der Waals surface area contributed by atoms with Crippen LogP contribution in [0.2, 0.25) is 0 Å². The number of allylic oxidation sites excluding steroid dienone is 2. The molecule has 0 fully saturated rings. The zero-order valence-corrected chi connectivity index (χ0v) is 15.8. The Morgan fingerprint density at radius 1 is 1.12 bits per heavy atom. The van der Waals surface area contributed by atoms with Crippen molar-refractivity contribution in [2.24, 2.45) is 5.92 Å². The number of hydrogen-bond acceptors (Lipinski definition) is 5. The van der Waals surface area contributed by atoms with E-state index in [1.807, 2.05) is 0 Å².